The van der Waals surface area contributed by atoms with Crippen molar-refractivity contribution in [3.63, 3.8) is 0 Å². The van der Waals surface area contributed by atoms with E-state index in [0.29, 0.717) is 22.6 Å². The third-order valence-corrected chi connectivity index (χ3v) is 6.40. The fourth-order valence-corrected chi connectivity index (χ4v) is 4.43. The second-order valence-corrected chi connectivity index (χ2v) is 8.72. The van der Waals surface area contributed by atoms with E-state index in [1.165, 1.54) is 19.8 Å². The molecule has 0 bridgehead atoms. The van der Waals surface area contributed by atoms with Crippen LogP contribution in [0, 0.1) is 6.92 Å². The van der Waals surface area contributed by atoms with Gasteiger partial charge in [-0.3, -0.25) is 4.79 Å². The zero-order valence-electron chi connectivity index (χ0n) is 20.0. The highest BCUT2D eigenvalue weighted by Gasteiger charge is 2.22. The number of carbonyl (C=O) groups excluding carboxylic acids is 2. The van der Waals surface area contributed by atoms with Crippen molar-refractivity contribution in [3.05, 3.63) is 82.4 Å². The van der Waals surface area contributed by atoms with Gasteiger partial charge >= 0.3 is 5.97 Å². The Morgan fingerprint density at radius 1 is 0.886 bits per heavy atom. The molecule has 0 atom stereocenters. The van der Waals surface area contributed by atoms with Gasteiger partial charge in [-0.05, 0) is 55.0 Å². The monoisotopic (exact) mass is 493 g/mol. The summed E-state index contributed by atoms with van der Waals surface area (Å²) < 4.78 is 10.3. The summed E-state index contributed by atoms with van der Waals surface area (Å²) in [4.78, 5) is 30.0. The average molecular weight is 494 g/mol. The summed E-state index contributed by atoms with van der Waals surface area (Å²) in [5, 5.41) is 3.55. The molecular weight excluding hydrogens is 466 g/mol. The number of piperazine rings is 1. The third kappa shape index (κ3) is 5.35. The number of halogens is 1. The summed E-state index contributed by atoms with van der Waals surface area (Å²) >= 11 is 6.21. The topological polar surface area (TPSA) is 71.1 Å². The second kappa shape index (κ2) is 10.7. The van der Waals surface area contributed by atoms with Crippen LogP contribution in [0.1, 0.15) is 26.3 Å². The van der Waals surface area contributed by atoms with Crippen LogP contribution in [0.4, 0.5) is 17.1 Å². The van der Waals surface area contributed by atoms with E-state index in [1.807, 2.05) is 24.3 Å². The predicted octanol–water partition coefficient (Wildman–Crippen LogP) is 5.02. The fourth-order valence-electron chi connectivity index (χ4n) is 4.27. The summed E-state index contributed by atoms with van der Waals surface area (Å²) in [6, 6.07) is 18.3. The molecule has 3 aromatic rings. The number of carbonyl (C=O) groups is 2. The first-order valence-corrected chi connectivity index (χ1v) is 11.7. The van der Waals surface area contributed by atoms with Crippen molar-refractivity contribution in [2.45, 2.75) is 6.92 Å². The van der Waals surface area contributed by atoms with Crippen molar-refractivity contribution in [1.82, 2.24) is 0 Å². The molecule has 182 valence electrons. The Morgan fingerprint density at radius 2 is 1.60 bits per heavy atom. The van der Waals surface area contributed by atoms with E-state index in [1.54, 1.807) is 36.4 Å². The molecule has 1 aliphatic heterocycles. The molecular formula is C27H28ClN3O4. The number of nitrogens with one attached hydrogen (secondary N) is 1. The molecule has 1 fully saturated rings. The minimum atomic E-state index is -0.518. The molecule has 4 rings (SSSR count). The van der Waals surface area contributed by atoms with Gasteiger partial charge in [0.05, 0.1) is 31.0 Å². The highest BCUT2D eigenvalue weighted by atomic mass is 35.5. The molecule has 1 saturated heterocycles. The van der Waals surface area contributed by atoms with Gasteiger partial charge in [0.15, 0.2) is 0 Å². The highest BCUT2D eigenvalue weighted by molar-refractivity contribution is 6.30. The zero-order chi connectivity index (χ0) is 24.9. The van der Waals surface area contributed by atoms with Crippen LogP contribution in [0.15, 0.2) is 60.7 Å². The predicted molar refractivity (Wildman–Crippen MR) is 139 cm³/mol. The molecule has 8 heteroatoms. The lowest BCUT2D eigenvalue weighted by molar-refractivity contribution is 0.0602. The molecule has 0 saturated carbocycles. The van der Waals surface area contributed by atoms with Gasteiger partial charge in [0.25, 0.3) is 5.91 Å². The van der Waals surface area contributed by atoms with Crippen LogP contribution in [0.3, 0.4) is 0 Å². The van der Waals surface area contributed by atoms with Gasteiger partial charge in [0.1, 0.15) is 5.75 Å². The largest absolute Gasteiger partial charge is 0.496 e. The molecule has 1 heterocycles. The maximum Gasteiger partial charge on any atom is 0.340 e. The number of ether oxygens (including phenoxy) is 2. The Balaban J connectivity index is 1.53. The van der Waals surface area contributed by atoms with Crippen molar-refractivity contribution >= 4 is 40.5 Å². The lowest BCUT2D eigenvalue weighted by Gasteiger charge is -2.38. The molecule has 0 aliphatic carbocycles. The first-order chi connectivity index (χ1) is 16.9. The second-order valence-electron chi connectivity index (χ2n) is 8.28. The molecule has 35 heavy (non-hydrogen) atoms. The van der Waals surface area contributed by atoms with Crippen LogP contribution in [0.25, 0.3) is 0 Å². The number of rotatable bonds is 6. The number of para-hydroxylation sites is 1. The molecule has 1 N–H and O–H groups in total. The molecule has 0 spiro atoms. The molecule has 7 nitrogen and oxygen atoms in total. The van der Waals surface area contributed by atoms with Crippen molar-refractivity contribution in [3.8, 4) is 5.75 Å². The van der Waals surface area contributed by atoms with E-state index in [9.17, 15) is 9.59 Å². The molecule has 1 aliphatic rings. The number of methoxy groups -OCH3 is 2. The Bertz CT molecular complexity index is 1240. The molecule has 3 aromatic carbocycles. The summed E-state index contributed by atoms with van der Waals surface area (Å²) in [5.41, 5.74) is 4.27. The quantitative estimate of drug-likeness (QED) is 0.486. The van der Waals surface area contributed by atoms with E-state index >= 15 is 0 Å². The summed E-state index contributed by atoms with van der Waals surface area (Å²) in [6.07, 6.45) is 0. The van der Waals surface area contributed by atoms with E-state index < -0.39 is 5.97 Å². The number of anilines is 3. The Labute approximate surface area is 210 Å². The fraction of sp³-hybridized carbons (Fsp3) is 0.259. The van der Waals surface area contributed by atoms with Crippen LogP contribution in [0.2, 0.25) is 5.02 Å². The Hall–Kier alpha value is -3.71. The Kier molecular flexibility index (Phi) is 7.46. The first kappa shape index (κ1) is 24.4. The highest BCUT2D eigenvalue weighted by Crippen LogP contribution is 2.29. The van der Waals surface area contributed by atoms with Crippen LogP contribution >= 0.6 is 11.6 Å². The number of amides is 1. The molecule has 0 unspecified atom stereocenters. The zero-order valence-corrected chi connectivity index (χ0v) is 20.8. The van der Waals surface area contributed by atoms with Gasteiger partial charge < -0.3 is 24.6 Å². The maximum atomic E-state index is 12.9. The smallest absolute Gasteiger partial charge is 0.340 e. The standard InChI is InChI=1S/C27H28ClN3O4/c1-18-8-9-19(28)16-24(18)31-14-12-30(13-15-31)20-10-11-23(22(17-20)27(33)35-3)29-26(32)21-6-4-5-7-25(21)34-2/h4-11,16-17H,12-15H2,1-3H3,(H,29,32). The number of hydrogen-bond donors (Lipinski definition) is 1. The van der Waals surface area contributed by atoms with Gasteiger partial charge in [-0.15, -0.1) is 0 Å². The summed E-state index contributed by atoms with van der Waals surface area (Å²) in [6.45, 7) is 5.28. The number of esters is 1. The van der Waals surface area contributed by atoms with Crippen LogP contribution in [-0.4, -0.2) is 52.3 Å². The van der Waals surface area contributed by atoms with Crippen LogP contribution in [0.5, 0.6) is 5.75 Å². The van der Waals surface area contributed by atoms with Crippen molar-refractivity contribution < 1.29 is 19.1 Å². The van der Waals surface area contributed by atoms with Crippen molar-refractivity contribution in [2.75, 3.05) is 55.5 Å². The number of benzene rings is 3. The van der Waals surface area contributed by atoms with E-state index in [4.69, 9.17) is 21.1 Å². The van der Waals surface area contributed by atoms with Gasteiger partial charge in [0, 0.05) is 42.6 Å². The maximum absolute atomic E-state index is 12.9. The van der Waals surface area contributed by atoms with Crippen molar-refractivity contribution in [2.24, 2.45) is 0 Å². The van der Waals surface area contributed by atoms with Crippen LogP contribution < -0.4 is 19.9 Å². The molecule has 1 amide bonds. The minimum absolute atomic E-state index is 0.293. The first-order valence-electron chi connectivity index (χ1n) is 11.3. The molecule has 0 radical (unpaired) electrons. The SMILES string of the molecule is COC(=O)c1cc(N2CCN(c3cc(Cl)ccc3C)CC2)ccc1NC(=O)c1ccccc1OC. The Morgan fingerprint density at radius 3 is 2.31 bits per heavy atom. The van der Waals surface area contributed by atoms with Gasteiger partial charge in [-0.1, -0.05) is 29.8 Å². The molecule has 0 aromatic heterocycles. The average Bonchev–Trinajstić information content (AvgIpc) is 2.89. The normalized spacial score (nSPS) is 13.4. The number of nitrogens with zero attached hydrogens (tertiary/aromatic N) is 2. The minimum Gasteiger partial charge on any atom is -0.496 e. The van der Waals surface area contributed by atoms with Crippen LogP contribution in [-0.2, 0) is 4.74 Å². The van der Waals surface area contributed by atoms with E-state index in [0.717, 1.165) is 42.6 Å². The lowest BCUT2D eigenvalue weighted by atomic mass is 10.1. The van der Waals surface area contributed by atoms with E-state index in [-0.39, 0.29) is 5.91 Å². The summed E-state index contributed by atoms with van der Waals surface area (Å²) in [7, 11) is 2.83. The number of hydrogen-bond acceptors (Lipinski definition) is 6. The van der Waals surface area contributed by atoms with Gasteiger partial charge in [-0.25, -0.2) is 4.79 Å². The van der Waals surface area contributed by atoms with Gasteiger partial charge in [0.2, 0.25) is 0 Å². The number of aryl methyl sites for hydroxylation is 1. The van der Waals surface area contributed by atoms with Crippen molar-refractivity contribution in [1.29, 1.82) is 0 Å². The third-order valence-electron chi connectivity index (χ3n) is 6.16. The summed E-state index contributed by atoms with van der Waals surface area (Å²) in [5.74, 6) is -0.435. The van der Waals surface area contributed by atoms with E-state index in [2.05, 4.69) is 22.0 Å². The van der Waals surface area contributed by atoms with Gasteiger partial charge in [-0.2, -0.15) is 0 Å². The lowest BCUT2D eigenvalue weighted by Crippen LogP contribution is -2.46.